The molecule has 0 bridgehead atoms. The molecule has 0 saturated carbocycles. The molecule has 4 nitrogen and oxygen atoms in total. The minimum atomic E-state index is -0.364. The zero-order chi connectivity index (χ0) is 14.8. The van der Waals surface area contributed by atoms with E-state index >= 15 is 0 Å². The number of esters is 1. The van der Waals surface area contributed by atoms with Gasteiger partial charge in [-0.25, -0.2) is 0 Å². The van der Waals surface area contributed by atoms with Gasteiger partial charge in [0.05, 0.1) is 18.2 Å². The summed E-state index contributed by atoms with van der Waals surface area (Å²) in [6.07, 6.45) is 0.224. The van der Waals surface area contributed by atoms with Crippen molar-refractivity contribution in [2.45, 2.75) is 13.3 Å². The topological polar surface area (TPSA) is 46.6 Å². The molecule has 1 atom stereocenters. The summed E-state index contributed by atoms with van der Waals surface area (Å²) < 4.78 is 5.03. The Hall–Kier alpha value is -2.36. The van der Waals surface area contributed by atoms with Crippen molar-refractivity contribution in [1.29, 1.82) is 0 Å². The van der Waals surface area contributed by atoms with E-state index < -0.39 is 0 Å². The third kappa shape index (κ3) is 2.49. The molecule has 0 aromatic heterocycles. The maximum atomic E-state index is 12.3. The summed E-state index contributed by atoms with van der Waals surface area (Å²) in [6, 6.07) is 13.8. The van der Waals surface area contributed by atoms with Gasteiger partial charge in [0.2, 0.25) is 5.91 Å². The van der Waals surface area contributed by atoms with Gasteiger partial charge in [-0.2, -0.15) is 0 Å². The Morgan fingerprint density at radius 1 is 1.24 bits per heavy atom. The average Bonchev–Trinajstić information content (AvgIpc) is 2.89. The van der Waals surface area contributed by atoms with Gasteiger partial charge in [-0.3, -0.25) is 9.59 Å². The maximum absolute atomic E-state index is 12.3. The van der Waals surface area contributed by atoms with Gasteiger partial charge in [-0.15, -0.1) is 0 Å². The molecule has 0 aliphatic carbocycles. The Balaban J connectivity index is 1.93. The minimum absolute atomic E-state index is 0.0237. The molecule has 1 fully saturated rings. The van der Waals surface area contributed by atoms with Crippen LogP contribution in [0.25, 0.3) is 10.8 Å². The lowest BCUT2D eigenvalue weighted by molar-refractivity contribution is -0.147. The van der Waals surface area contributed by atoms with Crippen LogP contribution in [0.3, 0.4) is 0 Å². The molecule has 1 aliphatic rings. The number of carbonyl (C=O) groups is 2. The quantitative estimate of drug-likeness (QED) is 0.814. The Labute approximate surface area is 123 Å². The predicted octanol–water partition coefficient (Wildman–Crippen LogP) is 2.76. The summed E-state index contributed by atoms with van der Waals surface area (Å²) in [7, 11) is 0. The van der Waals surface area contributed by atoms with Crippen molar-refractivity contribution in [3.05, 3.63) is 42.5 Å². The molecule has 21 heavy (non-hydrogen) atoms. The van der Waals surface area contributed by atoms with Crippen LogP contribution < -0.4 is 4.90 Å². The van der Waals surface area contributed by atoms with E-state index in [9.17, 15) is 9.59 Å². The lowest BCUT2D eigenvalue weighted by Crippen LogP contribution is -2.26. The highest BCUT2D eigenvalue weighted by atomic mass is 16.5. The molecule has 1 saturated heterocycles. The van der Waals surface area contributed by atoms with Gasteiger partial charge in [0, 0.05) is 18.4 Å². The van der Waals surface area contributed by atoms with Crippen LogP contribution in [0.15, 0.2) is 42.5 Å². The van der Waals surface area contributed by atoms with E-state index in [4.69, 9.17) is 4.74 Å². The Morgan fingerprint density at radius 3 is 2.81 bits per heavy atom. The zero-order valence-electron chi connectivity index (χ0n) is 11.9. The molecular weight excluding hydrogens is 266 g/mol. The van der Waals surface area contributed by atoms with Crippen LogP contribution >= 0.6 is 0 Å². The van der Waals surface area contributed by atoms with Gasteiger partial charge < -0.3 is 9.64 Å². The van der Waals surface area contributed by atoms with E-state index in [1.54, 1.807) is 11.8 Å². The van der Waals surface area contributed by atoms with Crippen LogP contribution in [0.4, 0.5) is 5.69 Å². The molecule has 0 N–H and O–H groups in total. The summed E-state index contributed by atoms with van der Waals surface area (Å²) in [6.45, 7) is 2.51. The van der Waals surface area contributed by atoms with Gasteiger partial charge in [0.15, 0.2) is 0 Å². The second-order valence-electron chi connectivity index (χ2n) is 5.16. The van der Waals surface area contributed by atoms with E-state index in [1.165, 1.54) is 0 Å². The summed E-state index contributed by atoms with van der Waals surface area (Å²) in [4.78, 5) is 25.8. The first-order chi connectivity index (χ1) is 10.2. The van der Waals surface area contributed by atoms with Crippen molar-refractivity contribution in [2.75, 3.05) is 18.1 Å². The van der Waals surface area contributed by atoms with Gasteiger partial charge in [0.1, 0.15) is 0 Å². The van der Waals surface area contributed by atoms with Gasteiger partial charge in [-0.1, -0.05) is 36.4 Å². The van der Waals surface area contributed by atoms with Crippen molar-refractivity contribution in [1.82, 2.24) is 0 Å². The number of rotatable bonds is 3. The molecule has 0 radical (unpaired) electrons. The van der Waals surface area contributed by atoms with E-state index in [0.29, 0.717) is 13.2 Å². The lowest BCUT2D eigenvalue weighted by Gasteiger charge is -2.18. The smallest absolute Gasteiger partial charge is 0.311 e. The second kappa shape index (κ2) is 5.56. The van der Waals surface area contributed by atoms with E-state index in [2.05, 4.69) is 0 Å². The number of hydrogen-bond acceptors (Lipinski definition) is 3. The normalized spacial score (nSPS) is 18.2. The van der Waals surface area contributed by atoms with E-state index in [1.807, 2.05) is 42.5 Å². The largest absolute Gasteiger partial charge is 0.466 e. The van der Waals surface area contributed by atoms with Crippen LogP contribution in [0, 0.1) is 5.92 Å². The number of hydrogen-bond donors (Lipinski definition) is 0. The van der Waals surface area contributed by atoms with Crippen molar-refractivity contribution in [3.8, 4) is 0 Å². The first-order valence-corrected chi connectivity index (χ1v) is 7.15. The number of carbonyl (C=O) groups excluding carboxylic acids is 2. The monoisotopic (exact) mass is 283 g/mol. The van der Waals surface area contributed by atoms with Gasteiger partial charge in [0.25, 0.3) is 0 Å². The van der Waals surface area contributed by atoms with Crippen molar-refractivity contribution >= 4 is 28.3 Å². The third-order valence-corrected chi connectivity index (χ3v) is 3.80. The third-order valence-electron chi connectivity index (χ3n) is 3.80. The molecule has 3 rings (SSSR count). The molecule has 1 heterocycles. The summed E-state index contributed by atoms with van der Waals surface area (Å²) in [5.41, 5.74) is 0.866. The highest BCUT2D eigenvalue weighted by Crippen LogP contribution is 2.31. The Kier molecular flexibility index (Phi) is 3.60. The molecular formula is C17H17NO3. The number of amides is 1. The molecule has 4 heteroatoms. The highest BCUT2D eigenvalue weighted by molar-refractivity contribution is 6.06. The van der Waals surface area contributed by atoms with Crippen LogP contribution in [-0.4, -0.2) is 25.0 Å². The number of ether oxygens (including phenoxy) is 1. The molecule has 2 aromatic rings. The zero-order valence-corrected chi connectivity index (χ0v) is 11.9. The van der Waals surface area contributed by atoms with E-state index in [0.717, 1.165) is 16.5 Å². The summed E-state index contributed by atoms with van der Waals surface area (Å²) in [5, 5.41) is 2.11. The fourth-order valence-electron chi connectivity index (χ4n) is 2.80. The molecule has 0 spiro atoms. The summed E-state index contributed by atoms with van der Waals surface area (Å²) >= 11 is 0. The fourth-order valence-corrected chi connectivity index (χ4v) is 2.80. The maximum Gasteiger partial charge on any atom is 0.311 e. The molecule has 1 amide bonds. The Morgan fingerprint density at radius 2 is 2.00 bits per heavy atom. The van der Waals surface area contributed by atoms with E-state index in [-0.39, 0.29) is 24.2 Å². The minimum Gasteiger partial charge on any atom is -0.466 e. The second-order valence-corrected chi connectivity index (χ2v) is 5.16. The van der Waals surface area contributed by atoms with Crippen LogP contribution in [-0.2, 0) is 14.3 Å². The van der Waals surface area contributed by atoms with Crippen molar-refractivity contribution in [2.24, 2.45) is 5.92 Å². The first kappa shape index (κ1) is 13.6. The first-order valence-electron chi connectivity index (χ1n) is 7.15. The van der Waals surface area contributed by atoms with Crippen molar-refractivity contribution < 1.29 is 14.3 Å². The molecule has 1 aliphatic heterocycles. The summed E-state index contributed by atoms with van der Waals surface area (Å²) in [5.74, 6) is -0.672. The van der Waals surface area contributed by atoms with Crippen molar-refractivity contribution in [3.63, 3.8) is 0 Å². The number of fused-ring (bicyclic) bond motifs is 1. The van der Waals surface area contributed by atoms with Crippen LogP contribution in [0.2, 0.25) is 0 Å². The number of anilines is 1. The average molecular weight is 283 g/mol. The predicted molar refractivity (Wildman–Crippen MR) is 81.0 cm³/mol. The standard InChI is InChI=1S/C17H17NO3/c1-2-21-17(20)13-10-16(19)18(11-13)15-9-5-7-12-6-3-4-8-14(12)15/h3-9,13H,2,10-11H2,1H3. The van der Waals surface area contributed by atoms with Crippen LogP contribution in [0.1, 0.15) is 13.3 Å². The number of nitrogens with zero attached hydrogens (tertiary/aromatic N) is 1. The fraction of sp³-hybridized carbons (Fsp3) is 0.294. The highest BCUT2D eigenvalue weighted by Gasteiger charge is 2.36. The Bertz CT molecular complexity index is 690. The van der Waals surface area contributed by atoms with Gasteiger partial charge >= 0.3 is 5.97 Å². The lowest BCUT2D eigenvalue weighted by atomic mass is 10.1. The SMILES string of the molecule is CCOC(=O)C1CC(=O)N(c2cccc3ccccc23)C1. The molecule has 2 aromatic carbocycles. The van der Waals surface area contributed by atoms with Crippen LogP contribution in [0.5, 0.6) is 0 Å². The molecule has 1 unspecified atom stereocenters. The molecule has 108 valence electrons. The number of benzene rings is 2. The van der Waals surface area contributed by atoms with Gasteiger partial charge in [-0.05, 0) is 18.4 Å².